The second-order valence-corrected chi connectivity index (χ2v) is 12.1. The summed E-state index contributed by atoms with van der Waals surface area (Å²) >= 11 is 0. The van der Waals surface area contributed by atoms with Gasteiger partial charge in [0, 0.05) is 61.1 Å². The number of benzene rings is 1. The maximum absolute atomic E-state index is 13.7. The van der Waals surface area contributed by atoms with Gasteiger partial charge in [-0.2, -0.15) is 0 Å². The number of aromatic nitrogens is 6. The average molecular weight is 579 g/mol. The number of nitrogens with two attached hydrogens (primary N) is 1. The summed E-state index contributed by atoms with van der Waals surface area (Å²) in [6.07, 6.45) is 7.93. The largest absolute Gasteiger partial charge is 0.494 e. The highest BCUT2D eigenvalue weighted by molar-refractivity contribution is 6.00. The zero-order valence-corrected chi connectivity index (χ0v) is 24.5. The number of carbonyl (C=O) groups excluding carboxylic acids is 1. The van der Waals surface area contributed by atoms with Crippen LogP contribution in [0.25, 0.3) is 44.8 Å². The number of piperidine rings is 1. The summed E-state index contributed by atoms with van der Waals surface area (Å²) in [5, 5.41) is 1.03. The lowest BCUT2D eigenvalue weighted by molar-refractivity contribution is 0.0700. The number of imidazole rings is 1. The molecule has 4 aromatic heterocycles. The quantitative estimate of drug-likeness (QED) is 0.307. The Kier molecular flexibility index (Phi) is 5.94. The minimum atomic E-state index is -0.00265. The van der Waals surface area contributed by atoms with Gasteiger partial charge in [-0.15, -0.1) is 0 Å². The van der Waals surface area contributed by atoms with Gasteiger partial charge in [0.15, 0.2) is 5.82 Å². The number of fused-ring (bicyclic) bond motifs is 4. The predicted octanol–water partition coefficient (Wildman–Crippen LogP) is 4.04. The maximum atomic E-state index is 13.7. The highest BCUT2D eigenvalue weighted by Crippen LogP contribution is 2.40. The molecular weight excluding hydrogens is 544 g/mol. The molecule has 5 heterocycles. The van der Waals surface area contributed by atoms with Crippen LogP contribution in [0.1, 0.15) is 36.0 Å². The van der Waals surface area contributed by atoms with E-state index in [1.54, 1.807) is 26.6 Å². The number of rotatable bonds is 7. The van der Waals surface area contributed by atoms with Crippen LogP contribution in [0.2, 0.25) is 0 Å². The SMILES string of the molecule is COc1ncc(-c2ccc3cc(-c4nc5cc(C(=O)N6CC7CCC6C7N)cc(OC)c5n4C)n(CC4CC4)c3n2)cn1. The van der Waals surface area contributed by atoms with Crippen LogP contribution in [-0.2, 0) is 13.6 Å². The molecule has 3 fully saturated rings. The molecule has 2 N–H and O–H groups in total. The van der Waals surface area contributed by atoms with Gasteiger partial charge >= 0.3 is 6.01 Å². The van der Waals surface area contributed by atoms with E-state index >= 15 is 0 Å². The van der Waals surface area contributed by atoms with Gasteiger partial charge < -0.3 is 29.2 Å². The summed E-state index contributed by atoms with van der Waals surface area (Å²) in [5.74, 6) is 2.42. The van der Waals surface area contributed by atoms with Crippen LogP contribution in [-0.4, -0.2) is 72.7 Å². The fraction of sp³-hybridized carbons (Fsp3) is 0.406. The summed E-state index contributed by atoms with van der Waals surface area (Å²) < 4.78 is 15.3. The predicted molar refractivity (Wildman–Crippen MR) is 162 cm³/mol. The molecule has 2 bridgehead atoms. The van der Waals surface area contributed by atoms with E-state index in [1.165, 1.54) is 12.8 Å². The fourth-order valence-corrected chi connectivity index (χ4v) is 7.04. The summed E-state index contributed by atoms with van der Waals surface area (Å²) in [6.45, 7) is 1.58. The fourth-order valence-electron chi connectivity index (χ4n) is 7.04. The first-order valence-electron chi connectivity index (χ1n) is 14.9. The van der Waals surface area contributed by atoms with Crippen molar-refractivity contribution < 1.29 is 14.3 Å². The molecule has 1 saturated heterocycles. The van der Waals surface area contributed by atoms with Crippen molar-refractivity contribution in [3.8, 4) is 34.5 Å². The number of methoxy groups -OCH3 is 2. The smallest absolute Gasteiger partial charge is 0.316 e. The molecule has 3 unspecified atom stereocenters. The molecule has 3 atom stereocenters. The van der Waals surface area contributed by atoms with Crippen molar-refractivity contribution >= 4 is 28.0 Å². The highest BCUT2D eigenvalue weighted by atomic mass is 16.5. The van der Waals surface area contributed by atoms with Crippen molar-refractivity contribution in [1.82, 2.24) is 34.0 Å². The number of amides is 1. The second kappa shape index (κ2) is 9.77. The van der Waals surface area contributed by atoms with Crippen molar-refractivity contribution in [2.45, 2.75) is 44.3 Å². The Hall–Kier alpha value is -4.51. The van der Waals surface area contributed by atoms with Gasteiger partial charge in [-0.1, -0.05) is 0 Å². The molecule has 0 radical (unpaired) electrons. The summed E-state index contributed by atoms with van der Waals surface area (Å²) in [7, 11) is 5.19. The molecule has 1 aliphatic heterocycles. The van der Waals surface area contributed by atoms with Gasteiger partial charge in [-0.05, 0) is 67.9 Å². The van der Waals surface area contributed by atoms with Crippen LogP contribution in [0.4, 0.5) is 0 Å². The van der Waals surface area contributed by atoms with E-state index in [1.807, 2.05) is 30.1 Å². The van der Waals surface area contributed by atoms with E-state index in [0.29, 0.717) is 29.2 Å². The first-order valence-corrected chi connectivity index (χ1v) is 14.9. The number of hydrogen-bond acceptors (Lipinski definition) is 8. The summed E-state index contributed by atoms with van der Waals surface area (Å²) in [4.78, 5) is 34.3. The van der Waals surface area contributed by atoms with Crippen LogP contribution in [0.5, 0.6) is 11.8 Å². The third-order valence-electron chi connectivity index (χ3n) is 9.53. The molecule has 2 aliphatic carbocycles. The molecule has 11 nitrogen and oxygen atoms in total. The Labute approximate surface area is 248 Å². The molecule has 0 spiro atoms. The summed E-state index contributed by atoms with van der Waals surface area (Å²) in [5.41, 5.74) is 12.1. The minimum Gasteiger partial charge on any atom is -0.494 e. The molecule has 3 aliphatic rings. The maximum Gasteiger partial charge on any atom is 0.316 e. The number of carbonyl (C=O) groups is 1. The summed E-state index contributed by atoms with van der Waals surface area (Å²) in [6, 6.07) is 10.5. The van der Waals surface area contributed by atoms with Crippen LogP contribution in [0.3, 0.4) is 0 Å². The Bertz CT molecular complexity index is 1890. The number of pyridine rings is 1. The monoisotopic (exact) mass is 578 g/mol. The zero-order valence-electron chi connectivity index (χ0n) is 24.5. The average Bonchev–Trinajstić information content (AvgIpc) is 3.44. The number of nitrogens with zero attached hydrogens (tertiary/aromatic N) is 7. The Morgan fingerprint density at radius 2 is 1.84 bits per heavy atom. The van der Waals surface area contributed by atoms with E-state index in [2.05, 4.69) is 31.2 Å². The van der Waals surface area contributed by atoms with Crippen molar-refractivity contribution in [3.63, 3.8) is 0 Å². The topological polar surface area (TPSA) is 126 Å². The van der Waals surface area contributed by atoms with Crippen molar-refractivity contribution in [1.29, 1.82) is 0 Å². The lowest BCUT2D eigenvalue weighted by Gasteiger charge is -2.27. The third kappa shape index (κ3) is 4.16. The molecule has 11 heteroatoms. The van der Waals surface area contributed by atoms with Crippen molar-refractivity contribution in [2.24, 2.45) is 24.6 Å². The number of hydrogen-bond donors (Lipinski definition) is 1. The zero-order chi connectivity index (χ0) is 29.4. The van der Waals surface area contributed by atoms with Crippen LogP contribution in [0.15, 0.2) is 42.7 Å². The van der Waals surface area contributed by atoms with Crippen molar-refractivity contribution in [2.75, 3.05) is 20.8 Å². The van der Waals surface area contributed by atoms with E-state index in [4.69, 9.17) is 25.2 Å². The van der Waals surface area contributed by atoms with Crippen molar-refractivity contribution in [3.05, 3.63) is 48.3 Å². The van der Waals surface area contributed by atoms with Gasteiger partial charge in [0.2, 0.25) is 0 Å². The standard InChI is InChI=1S/C32H34N8O3/c1-38-28-23(10-20(12-26(28)42-2)31(41)40-16-19-7-9-24(40)27(19)33)37-30(38)25-11-18-6-8-22(21-13-34-32(43-3)35-14-21)36-29(18)39(25)15-17-4-5-17/h6,8,10-14,17,19,24,27H,4-5,7,9,15-16,33H2,1-3H3. The van der Waals surface area contributed by atoms with Crippen LogP contribution in [0, 0.1) is 11.8 Å². The molecule has 43 heavy (non-hydrogen) atoms. The van der Waals surface area contributed by atoms with E-state index in [-0.39, 0.29) is 18.0 Å². The number of likely N-dealkylation sites (tertiary alicyclic amines) is 1. The first kappa shape index (κ1) is 26.1. The minimum absolute atomic E-state index is 0.00265. The van der Waals surface area contributed by atoms with Gasteiger partial charge in [-0.25, -0.2) is 19.9 Å². The van der Waals surface area contributed by atoms with Crippen LogP contribution < -0.4 is 15.2 Å². The van der Waals surface area contributed by atoms with Gasteiger partial charge in [-0.3, -0.25) is 4.79 Å². The molecular formula is C32H34N8O3. The first-order chi connectivity index (χ1) is 20.9. The van der Waals surface area contributed by atoms with Gasteiger partial charge in [0.1, 0.15) is 16.9 Å². The normalized spacial score (nSPS) is 21.3. The lowest BCUT2D eigenvalue weighted by Crippen LogP contribution is -2.41. The Balaban J connectivity index is 1.23. The van der Waals surface area contributed by atoms with E-state index in [0.717, 1.165) is 70.8 Å². The highest BCUT2D eigenvalue weighted by Gasteiger charge is 2.47. The molecule has 5 aromatic rings. The van der Waals surface area contributed by atoms with Crippen LogP contribution >= 0.6 is 0 Å². The van der Waals surface area contributed by atoms with E-state index in [9.17, 15) is 4.79 Å². The molecule has 2 saturated carbocycles. The number of aryl methyl sites for hydroxylation is 1. The van der Waals surface area contributed by atoms with Gasteiger partial charge in [0.25, 0.3) is 5.91 Å². The molecule has 1 aromatic carbocycles. The molecule has 1 amide bonds. The van der Waals surface area contributed by atoms with Gasteiger partial charge in [0.05, 0.1) is 31.1 Å². The number of ether oxygens (including phenoxy) is 2. The third-order valence-corrected chi connectivity index (χ3v) is 9.53. The molecule has 220 valence electrons. The molecule has 8 rings (SSSR count). The Morgan fingerprint density at radius 3 is 2.51 bits per heavy atom. The lowest BCUT2D eigenvalue weighted by atomic mass is 10.1. The van der Waals surface area contributed by atoms with E-state index < -0.39 is 0 Å². The Morgan fingerprint density at radius 1 is 1.02 bits per heavy atom. The second-order valence-electron chi connectivity index (χ2n) is 12.1.